The van der Waals surface area contributed by atoms with E-state index in [0.29, 0.717) is 17.9 Å². The van der Waals surface area contributed by atoms with Crippen molar-refractivity contribution in [3.8, 4) is 0 Å². The lowest BCUT2D eigenvalue weighted by atomic mass is 9.83. The Morgan fingerprint density at radius 2 is 2.00 bits per heavy atom. The Labute approximate surface area is 94.3 Å². The fraction of sp³-hybridized carbons (Fsp3) is 0.500. The van der Waals surface area contributed by atoms with Gasteiger partial charge in [0.25, 0.3) is 0 Å². The molecular formula is C12H15ClF2. The van der Waals surface area contributed by atoms with E-state index in [-0.39, 0.29) is 11.2 Å². The summed E-state index contributed by atoms with van der Waals surface area (Å²) in [7, 11) is 0. The lowest BCUT2D eigenvalue weighted by Gasteiger charge is -2.25. The summed E-state index contributed by atoms with van der Waals surface area (Å²) >= 11 is 5.83. The molecule has 0 amide bonds. The second-order valence-corrected chi connectivity index (χ2v) is 4.48. The molecule has 0 spiro atoms. The van der Waals surface area contributed by atoms with Crippen molar-refractivity contribution >= 4 is 11.6 Å². The number of benzene rings is 1. The smallest absolute Gasteiger partial charge is 0.126 e. The second-order valence-electron chi connectivity index (χ2n) is 4.21. The van der Waals surface area contributed by atoms with Gasteiger partial charge in [0.15, 0.2) is 0 Å². The van der Waals surface area contributed by atoms with Crippen molar-refractivity contribution in [1.82, 2.24) is 0 Å². The number of rotatable bonds is 4. The van der Waals surface area contributed by atoms with Gasteiger partial charge in [-0.15, -0.1) is 11.6 Å². The Morgan fingerprint density at radius 1 is 1.33 bits per heavy atom. The molecule has 0 N–H and O–H groups in total. The molecule has 0 fully saturated rings. The van der Waals surface area contributed by atoms with Gasteiger partial charge in [0, 0.05) is 5.88 Å². The van der Waals surface area contributed by atoms with Crippen LogP contribution in [0, 0.1) is 17.0 Å². The molecule has 0 aromatic heterocycles. The molecule has 0 aliphatic heterocycles. The van der Waals surface area contributed by atoms with Gasteiger partial charge in [0.1, 0.15) is 11.6 Å². The number of hydrogen-bond acceptors (Lipinski definition) is 0. The third kappa shape index (κ3) is 3.16. The molecule has 1 aromatic rings. The van der Waals surface area contributed by atoms with Crippen molar-refractivity contribution in [1.29, 1.82) is 0 Å². The van der Waals surface area contributed by atoms with Crippen molar-refractivity contribution in [2.75, 3.05) is 5.88 Å². The summed E-state index contributed by atoms with van der Waals surface area (Å²) in [5.74, 6) is -0.319. The van der Waals surface area contributed by atoms with E-state index in [0.717, 1.165) is 18.6 Å². The SMILES string of the molecule is CCC(C)(CCl)Cc1cc(F)ccc1F. The monoisotopic (exact) mass is 232 g/mol. The number of alkyl halides is 1. The zero-order valence-corrected chi connectivity index (χ0v) is 9.74. The van der Waals surface area contributed by atoms with E-state index in [9.17, 15) is 8.78 Å². The molecule has 1 aromatic carbocycles. The van der Waals surface area contributed by atoms with Gasteiger partial charge in [-0.3, -0.25) is 0 Å². The maximum absolute atomic E-state index is 13.4. The minimum absolute atomic E-state index is 0.170. The molecule has 1 atom stereocenters. The van der Waals surface area contributed by atoms with Crippen molar-refractivity contribution in [2.45, 2.75) is 26.7 Å². The highest BCUT2D eigenvalue weighted by molar-refractivity contribution is 6.18. The molecule has 0 aliphatic carbocycles. The van der Waals surface area contributed by atoms with Crippen LogP contribution in [0.2, 0.25) is 0 Å². The normalized spacial score (nSPS) is 15.0. The summed E-state index contributed by atoms with van der Waals surface area (Å²) in [6.45, 7) is 3.98. The Kier molecular flexibility index (Phi) is 4.09. The molecule has 0 saturated carbocycles. The quantitative estimate of drug-likeness (QED) is 0.684. The first-order valence-electron chi connectivity index (χ1n) is 5.00. The molecule has 0 aliphatic rings. The average Bonchev–Trinajstić information content (AvgIpc) is 2.23. The molecule has 0 bridgehead atoms. The second kappa shape index (κ2) is 4.93. The molecule has 1 rings (SSSR count). The number of halogens is 3. The Bertz CT molecular complexity index is 332. The van der Waals surface area contributed by atoms with Gasteiger partial charge >= 0.3 is 0 Å². The van der Waals surface area contributed by atoms with E-state index in [4.69, 9.17) is 11.6 Å². The molecule has 0 saturated heterocycles. The highest BCUT2D eigenvalue weighted by atomic mass is 35.5. The minimum Gasteiger partial charge on any atom is -0.207 e. The Balaban J connectivity index is 2.92. The Hall–Kier alpha value is -0.630. The molecule has 15 heavy (non-hydrogen) atoms. The van der Waals surface area contributed by atoms with Crippen molar-refractivity contribution < 1.29 is 8.78 Å². The highest BCUT2D eigenvalue weighted by Gasteiger charge is 2.23. The van der Waals surface area contributed by atoms with Crippen LogP contribution in [0.5, 0.6) is 0 Å². The van der Waals surface area contributed by atoms with E-state index in [2.05, 4.69) is 0 Å². The maximum Gasteiger partial charge on any atom is 0.126 e. The first-order chi connectivity index (χ1) is 7.00. The van der Waals surface area contributed by atoms with Crippen LogP contribution in [0.1, 0.15) is 25.8 Å². The topological polar surface area (TPSA) is 0 Å². The van der Waals surface area contributed by atoms with E-state index < -0.39 is 5.82 Å². The van der Waals surface area contributed by atoms with E-state index >= 15 is 0 Å². The third-order valence-electron chi connectivity index (χ3n) is 2.80. The standard InChI is InChI=1S/C12H15ClF2/c1-3-12(2,8-13)7-9-6-10(14)4-5-11(9)15/h4-6H,3,7-8H2,1-2H3. The van der Waals surface area contributed by atoms with Crippen LogP contribution in [0.25, 0.3) is 0 Å². The summed E-state index contributed by atoms with van der Waals surface area (Å²) in [6, 6.07) is 3.54. The van der Waals surface area contributed by atoms with Gasteiger partial charge in [0.2, 0.25) is 0 Å². The molecule has 84 valence electrons. The summed E-state index contributed by atoms with van der Waals surface area (Å²) in [6.07, 6.45) is 1.31. The van der Waals surface area contributed by atoms with Gasteiger partial charge in [0.05, 0.1) is 0 Å². The minimum atomic E-state index is -0.403. The first kappa shape index (κ1) is 12.4. The van der Waals surface area contributed by atoms with Crippen LogP contribution in [0.3, 0.4) is 0 Å². The average molecular weight is 233 g/mol. The predicted molar refractivity (Wildman–Crippen MR) is 59.2 cm³/mol. The third-order valence-corrected chi connectivity index (χ3v) is 3.45. The van der Waals surface area contributed by atoms with Crippen LogP contribution < -0.4 is 0 Å². The highest BCUT2D eigenvalue weighted by Crippen LogP contribution is 2.29. The summed E-state index contributed by atoms with van der Waals surface area (Å²) < 4.78 is 26.3. The number of hydrogen-bond donors (Lipinski definition) is 0. The molecule has 0 nitrogen and oxygen atoms in total. The summed E-state index contributed by atoms with van der Waals surface area (Å²) in [4.78, 5) is 0. The first-order valence-corrected chi connectivity index (χ1v) is 5.54. The van der Waals surface area contributed by atoms with Crippen molar-refractivity contribution in [3.05, 3.63) is 35.4 Å². The lowest BCUT2D eigenvalue weighted by Crippen LogP contribution is -2.21. The maximum atomic E-state index is 13.4. The van der Waals surface area contributed by atoms with Gasteiger partial charge < -0.3 is 0 Å². The largest absolute Gasteiger partial charge is 0.207 e. The van der Waals surface area contributed by atoms with E-state index in [1.807, 2.05) is 13.8 Å². The van der Waals surface area contributed by atoms with Gasteiger partial charge in [-0.25, -0.2) is 8.78 Å². The lowest BCUT2D eigenvalue weighted by molar-refractivity contribution is 0.349. The van der Waals surface area contributed by atoms with E-state index in [1.165, 1.54) is 6.07 Å². The fourth-order valence-corrected chi connectivity index (χ4v) is 1.69. The molecule has 0 radical (unpaired) electrons. The summed E-state index contributed by atoms with van der Waals surface area (Å²) in [5, 5.41) is 0. The zero-order chi connectivity index (χ0) is 11.5. The molecule has 3 heteroatoms. The Morgan fingerprint density at radius 3 is 2.53 bits per heavy atom. The van der Waals surface area contributed by atoms with Crippen LogP contribution in [0.4, 0.5) is 8.78 Å². The van der Waals surface area contributed by atoms with Crippen LogP contribution in [-0.4, -0.2) is 5.88 Å². The van der Waals surface area contributed by atoms with Crippen molar-refractivity contribution in [3.63, 3.8) is 0 Å². The van der Waals surface area contributed by atoms with Gasteiger partial charge in [-0.1, -0.05) is 13.8 Å². The van der Waals surface area contributed by atoms with Crippen LogP contribution in [0.15, 0.2) is 18.2 Å². The predicted octanol–water partition coefficient (Wildman–Crippen LogP) is 4.16. The summed E-state index contributed by atoms with van der Waals surface area (Å²) in [5.41, 5.74) is 0.232. The molecule has 0 heterocycles. The van der Waals surface area contributed by atoms with Gasteiger partial charge in [-0.2, -0.15) is 0 Å². The van der Waals surface area contributed by atoms with Crippen molar-refractivity contribution in [2.24, 2.45) is 5.41 Å². The van der Waals surface area contributed by atoms with E-state index in [1.54, 1.807) is 0 Å². The zero-order valence-electron chi connectivity index (χ0n) is 8.99. The van der Waals surface area contributed by atoms with Gasteiger partial charge in [-0.05, 0) is 42.0 Å². The molecular weight excluding hydrogens is 218 g/mol. The van der Waals surface area contributed by atoms with Crippen LogP contribution >= 0.6 is 11.6 Å². The molecule has 1 unspecified atom stereocenters. The fourth-order valence-electron chi connectivity index (χ4n) is 1.41. The van der Waals surface area contributed by atoms with Crippen LogP contribution in [-0.2, 0) is 6.42 Å².